The largest absolute Gasteiger partial charge is 0.497 e. The van der Waals surface area contributed by atoms with Crippen LogP contribution in [0, 0.1) is 11.3 Å². The second-order valence-electron chi connectivity index (χ2n) is 3.67. The highest BCUT2D eigenvalue weighted by atomic mass is 16.5. The normalized spacial score (nSPS) is 13.7. The molecule has 0 N–H and O–H groups in total. The van der Waals surface area contributed by atoms with Gasteiger partial charge >= 0.3 is 0 Å². The number of nitriles is 1. The molecule has 0 heterocycles. The van der Waals surface area contributed by atoms with E-state index in [0.29, 0.717) is 6.42 Å². The van der Waals surface area contributed by atoms with E-state index >= 15 is 0 Å². The molecule has 0 aliphatic heterocycles. The van der Waals surface area contributed by atoms with Gasteiger partial charge in [-0.1, -0.05) is 18.2 Å². The zero-order valence-electron chi connectivity index (χ0n) is 9.16. The second-order valence-corrected chi connectivity index (χ2v) is 3.67. The van der Waals surface area contributed by atoms with Crippen LogP contribution < -0.4 is 4.74 Å². The van der Waals surface area contributed by atoms with E-state index in [1.54, 1.807) is 13.2 Å². The maximum atomic E-state index is 9.17. The maximum Gasteiger partial charge on any atom is 0.118 e. The van der Waals surface area contributed by atoms with Crippen molar-refractivity contribution in [2.24, 2.45) is 0 Å². The molecule has 2 heteroatoms. The highest BCUT2D eigenvalue weighted by Crippen LogP contribution is 2.28. The molecule has 1 atom stereocenters. The van der Waals surface area contributed by atoms with E-state index in [0.717, 1.165) is 11.3 Å². The fourth-order valence-electron chi connectivity index (χ4n) is 1.48. The zero-order chi connectivity index (χ0) is 11.3. The molecule has 0 fully saturated rings. The highest BCUT2D eigenvalue weighted by Gasteiger charge is 2.24. The quantitative estimate of drug-likeness (QED) is 0.701. The summed E-state index contributed by atoms with van der Waals surface area (Å²) >= 11 is 0. The Morgan fingerprint density at radius 3 is 2.47 bits per heavy atom. The standard InChI is InChI=1S/C13H15NO/c1-4-9-13(2,10-14)11-5-7-12(15-3)8-6-11/h4-8H,1,9H2,2-3H3/t13-/m0/s1. The van der Waals surface area contributed by atoms with E-state index in [9.17, 15) is 0 Å². The van der Waals surface area contributed by atoms with Crippen LogP contribution in [0.5, 0.6) is 5.75 Å². The molecule has 2 nitrogen and oxygen atoms in total. The van der Waals surface area contributed by atoms with Gasteiger partial charge in [-0.05, 0) is 31.0 Å². The molecule has 0 aliphatic carbocycles. The Morgan fingerprint density at radius 1 is 1.47 bits per heavy atom. The second kappa shape index (κ2) is 4.65. The minimum absolute atomic E-state index is 0.492. The summed E-state index contributed by atoms with van der Waals surface area (Å²) in [5.41, 5.74) is 0.499. The third-order valence-electron chi connectivity index (χ3n) is 2.53. The SMILES string of the molecule is C=CC[C@@](C)(C#N)c1ccc(OC)cc1. The van der Waals surface area contributed by atoms with Crippen LogP contribution in [0.3, 0.4) is 0 Å². The van der Waals surface area contributed by atoms with E-state index < -0.39 is 5.41 Å². The van der Waals surface area contributed by atoms with Crippen LogP contribution in [0.15, 0.2) is 36.9 Å². The van der Waals surface area contributed by atoms with Crippen molar-refractivity contribution in [3.63, 3.8) is 0 Å². The van der Waals surface area contributed by atoms with Crippen LogP contribution in [0.1, 0.15) is 18.9 Å². The van der Waals surface area contributed by atoms with Crippen LogP contribution in [0.25, 0.3) is 0 Å². The summed E-state index contributed by atoms with van der Waals surface area (Å²) in [6, 6.07) is 9.90. The Hall–Kier alpha value is -1.75. The first kappa shape index (κ1) is 11.3. The first-order chi connectivity index (χ1) is 7.16. The van der Waals surface area contributed by atoms with Gasteiger partial charge in [-0.3, -0.25) is 0 Å². The van der Waals surface area contributed by atoms with Gasteiger partial charge in [0.1, 0.15) is 5.75 Å². The summed E-state index contributed by atoms with van der Waals surface area (Å²) in [7, 11) is 1.63. The lowest BCUT2D eigenvalue weighted by Gasteiger charge is -2.20. The van der Waals surface area contributed by atoms with Crippen molar-refractivity contribution >= 4 is 0 Å². The Bertz CT molecular complexity index is 375. The molecule has 0 amide bonds. The third-order valence-corrected chi connectivity index (χ3v) is 2.53. The fourth-order valence-corrected chi connectivity index (χ4v) is 1.48. The molecule has 0 saturated heterocycles. The lowest BCUT2D eigenvalue weighted by Crippen LogP contribution is -2.18. The predicted molar refractivity (Wildman–Crippen MR) is 60.8 cm³/mol. The summed E-state index contributed by atoms with van der Waals surface area (Å²) in [6.07, 6.45) is 2.42. The van der Waals surface area contributed by atoms with Gasteiger partial charge in [-0.15, -0.1) is 6.58 Å². The average Bonchev–Trinajstić information content (AvgIpc) is 2.29. The van der Waals surface area contributed by atoms with E-state index in [4.69, 9.17) is 10.00 Å². The van der Waals surface area contributed by atoms with Crippen LogP contribution >= 0.6 is 0 Å². The van der Waals surface area contributed by atoms with E-state index in [2.05, 4.69) is 12.6 Å². The van der Waals surface area contributed by atoms with Crippen molar-refractivity contribution in [2.45, 2.75) is 18.8 Å². The van der Waals surface area contributed by atoms with Crippen LogP contribution in [0.4, 0.5) is 0 Å². The summed E-state index contributed by atoms with van der Waals surface area (Å²) in [5.74, 6) is 0.803. The molecule has 0 aromatic heterocycles. The molecule has 1 aromatic rings. The molecule has 78 valence electrons. The van der Waals surface area contributed by atoms with Crippen molar-refractivity contribution in [3.8, 4) is 11.8 Å². The van der Waals surface area contributed by atoms with Crippen LogP contribution in [-0.2, 0) is 5.41 Å². The predicted octanol–water partition coefficient (Wildman–Crippen LogP) is 3.05. The summed E-state index contributed by atoms with van der Waals surface area (Å²) in [6.45, 7) is 5.59. The van der Waals surface area contributed by atoms with Crippen molar-refractivity contribution < 1.29 is 4.74 Å². The summed E-state index contributed by atoms with van der Waals surface area (Å²) in [5, 5.41) is 9.17. The molecule has 0 unspecified atom stereocenters. The molecule has 1 rings (SSSR count). The zero-order valence-corrected chi connectivity index (χ0v) is 9.16. The number of nitrogens with zero attached hydrogens (tertiary/aromatic N) is 1. The molecule has 0 aliphatic rings. The summed E-state index contributed by atoms with van der Waals surface area (Å²) < 4.78 is 5.07. The topological polar surface area (TPSA) is 33.0 Å². The number of benzene rings is 1. The number of allylic oxidation sites excluding steroid dienone is 1. The smallest absolute Gasteiger partial charge is 0.118 e. The van der Waals surface area contributed by atoms with Gasteiger partial charge in [0.25, 0.3) is 0 Å². The first-order valence-electron chi connectivity index (χ1n) is 4.83. The van der Waals surface area contributed by atoms with Crippen molar-refractivity contribution in [1.82, 2.24) is 0 Å². The van der Waals surface area contributed by atoms with Crippen molar-refractivity contribution in [2.75, 3.05) is 7.11 Å². The lowest BCUT2D eigenvalue weighted by atomic mass is 9.81. The molecule has 15 heavy (non-hydrogen) atoms. The molecular formula is C13H15NO. The molecular weight excluding hydrogens is 186 g/mol. The maximum absolute atomic E-state index is 9.17. The monoisotopic (exact) mass is 201 g/mol. The third kappa shape index (κ3) is 2.38. The van der Waals surface area contributed by atoms with Crippen molar-refractivity contribution in [3.05, 3.63) is 42.5 Å². The van der Waals surface area contributed by atoms with Gasteiger partial charge in [0, 0.05) is 0 Å². The molecule has 0 spiro atoms. The number of methoxy groups -OCH3 is 1. The number of rotatable bonds is 4. The van der Waals surface area contributed by atoms with Gasteiger partial charge in [0.05, 0.1) is 18.6 Å². The summed E-state index contributed by atoms with van der Waals surface area (Å²) in [4.78, 5) is 0. The van der Waals surface area contributed by atoms with Gasteiger partial charge in [-0.2, -0.15) is 5.26 Å². The molecule has 0 radical (unpaired) electrons. The minimum atomic E-state index is -0.492. The Morgan fingerprint density at radius 2 is 2.07 bits per heavy atom. The van der Waals surface area contributed by atoms with Gasteiger partial charge in [0.15, 0.2) is 0 Å². The van der Waals surface area contributed by atoms with Crippen LogP contribution in [-0.4, -0.2) is 7.11 Å². The van der Waals surface area contributed by atoms with E-state index in [-0.39, 0.29) is 0 Å². The van der Waals surface area contributed by atoms with Gasteiger partial charge in [0.2, 0.25) is 0 Å². The van der Waals surface area contributed by atoms with Gasteiger partial charge in [-0.25, -0.2) is 0 Å². The Labute approximate surface area is 90.8 Å². The van der Waals surface area contributed by atoms with Crippen molar-refractivity contribution in [1.29, 1.82) is 5.26 Å². The number of hydrogen-bond donors (Lipinski definition) is 0. The van der Waals surface area contributed by atoms with E-state index in [1.165, 1.54) is 0 Å². The Balaban J connectivity index is 3.03. The Kier molecular flexibility index (Phi) is 3.51. The van der Waals surface area contributed by atoms with E-state index in [1.807, 2.05) is 31.2 Å². The van der Waals surface area contributed by atoms with Gasteiger partial charge < -0.3 is 4.74 Å². The molecule has 0 saturated carbocycles. The average molecular weight is 201 g/mol. The highest BCUT2D eigenvalue weighted by molar-refractivity contribution is 5.36. The fraction of sp³-hybridized carbons (Fsp3) is 0.308. The molecule has 0 bridgehead atoms. The lowest BCUT2D eigenvalue weighted by molar-refractivity contribution is 0.414. The minimum Gasteiger partial charge on any atom is -0.497 e. The first-order valence-corrected chi connectivity index (χ1v) is 4.83. The number of ether oxygens (including phenoxy) is 1. The molecule has 1 aromatic carbocycles. The number of hydrogen-bond acceptors (Lipinski definition) is 2. The van der Waals surface area contributed by atoms with Crippen LogP contribution in [0.2, 0.25) is 0 Å².